The molecule has 1 aromatic rings. The molecule has 1 fully saturated rings. The molecule has 1 aliphatic rings. The van der Waals surface area contributed by atoms with Crippen LogP contribution >= 0.6 is 0 Å². The number of carbonyl (C=O) groups excluding carboxylic acids is 1. The molecule has 0 atom stereocenters. The van der Waals surface area contributed by atoms with Crippen molar-refractivity contribution in [1.82, 2.24) is 9.80 Å². The first-order valence-corrected chi connectivity index (χ1v) is 7.42. The first-order valence-electron chi connectivity index (χ1n) is 7.42. The molecule has 1 heterocycles. The minimum Gasteiger partial charge on any atom is -0.383 e. The second-order valence-corrected chi connectivity index (χ2v) is 5.51. The summed E-state index contributed by atoms with van der Waals surface area (Å²) in [5.41, 5.74) is 2.51. The predicted molar refractivity (Wildman–Crippen MR) is 84.9 cm³/mol. The van der Waals surface area contributed by atoms with Gasteiger partial charge in [-0.05, 0) is 19.1 Å². The van der Waals surface area contributed by atoms with Gasteiger partial charge in [0, 0.05) is 52.6 Å². The van der Waals surface area contributed by atoms with E-state index in [0.29, 0.717) is 13.2 Å². The van der Waals surface area contributed by atoms with Gasteiger partial charge in [0.1, 0.15) is 0 Å². The highest BCUT2D eigenvalue weighted by atomic mass is 16.5. The second kappa shape index (κ2) is 7.31. The maximum absolute atomic E-state index is 12.3. The Bertz CT molecular complexity index is 453. The summed E-state index contributed by atoms with van der Waals surface area (Å²) in [6.45, 7) is 6.60. The van der Waals surface area contributed by atoms with Crippen LogP contribution < -0.4 is 4.90 Å². The largest absolute Gasteiger partial charge is 0.383 e. The second-order valence-electron chi connectivity index (χ2n) is 5.51. The van der Waals surface area contributed by atoms with E-state index in [2.05, 4.69) is 36.1 Å². The third kappa shape index (κ3) is 4.11. The molecule has 2 amide bonds. The number of anilines is 1. The lowest BCUT2D eigenvalue weighted by Crippen LogP contribution is -2.52. The molecule has 0 aliphatic carbocycles. The van der Waals surface area contributed by atoms with Crippen molar-refractivity contribution in [2.24, 2.45) is 0 Å². The van der Waals surface area contributed by atoms with Gasteiger partial charge in [-0.15, -0.1) is 0 Å². The highest BCUT2D eigenvalue weighted by molar-refractivity contribution is 5.74. The normalized spacial score (nSPS) is 15.2. The Labute approximate surface area is 127 Å². The number of aryl methyl sites for hydroxylation is 1. The maximum Gasteiger partial charge on any atom is 0.319 e. The molecular formula is C16H25N3O2. The number of amides is 2. The lowest BCUT2D eigenvalue weighted by atomic mass is 10.2. The fraction of sp³-hybridized carbons (Fsp3) is 0.562. The van der Waals surface area contributed by atoms with Gasteiger partial charge in [-0.2, -0.15) is 0 Å². The number of nitrogens with zero attached hydrogens (tertiary/aromatic N) is 3. The number of rotatable bonds is 4. The molecule has 116 valence electrons. The van der Waals surface area contributed by atoms with Gasteiger partial charge in [-0.25, -0.2) is 4.79 Å². The van der Waals surface area contributed by atoms with Crippen molar-refractivity contribution in [3.8, 4) is 0 Å². The molecule has 5 heteroatoms. The van der Waals surface area contributed by atoms with Gasteiger partial charge in [0.25, 0.3) is 0 Å². The van der Waals surface area contributed by atoms with E-state index in [1.165, 1.54) is 11.3 Å². The molecular weight excluding hydrogens is 266 g/mol. The lowest BCUT2D eigenvalue weighted by molar-refractivity contribution is 0.134. The number of carbonyl (C=O) groups is 1. The molecule has 5 nitrogen and oxygen atoms in total. The van der Waals surface area contributed by atoms with Crippen molar-refractivity contribution in [3.63, 3.8) is 0 Å². The number of ether oxygens (including phenoxy) is 1. The molecule has 0 unspecified atom stereocenters. The standard InChI is InChI=1S/C16H25N3O2/c1-14-4-6-15(7-5-14)18-8-10-19(11-9-18)16(20)17(2)12-13-21-3/h4-7H,8-13H2,1-3H3. The summed E-state index contributed by atoms with van der Waals surface area (Å²) in [4.78, 5) is 18.2. The van der Waals surface area contributed by atoms with E-state index in [9.17, 15) is 4.79 Å². The van der Waals surface area contributed by atoms with Gasteiger partial charge in [0.15, 0.2) is 0 Å². The summed E-state index contributed by atoms with van der Waals surface area (Å²) in [6, 6.07) is 8.65. The van der Waals surface area contributed by atoms with E-state index in [4.69, 9.17) is 4.74 Å². The minimum atomic E-state index is 0.0932. The van der Waals surface area contributed by atoms with Crippen LogP contribution in [0.4, 0.5) is 10.5 Å². The van der Waals surface area contributed by atoms with Gasteiger partial charge in [-0.3, -0.25) is 0 Å². The van der Waals surface area contributed by atoms with E-state index in [-0.39, 0.29) is 6.03 Å². The Kier molecular flexibility index (Phi) is 5.44. The SMILES string of the molecule is COCCN(C)C(=O)N1CCN(c2ccc(C)cc2)CC1. The Morgan fingerprint density at radius 3 is 2.38 bits per heavy atom. The Hall–Kier alpha value is -1.75. The van der Waals surface area contributed by atoms with Crippen LogP contribution in [0.2, 0.25) is 0 Å². The van der Waals surface area contributed by atoms with Crippen molar-refractivity contribution in [2.45, 2.75) is 6.92 Å². The van der Waals surface area contributed by atoms with Crippen LogP contribution in [0.1, 0.15) is 5.56 Å². The van der Waals surface area contributed by atoms with Crippen LogP contribution in [0.3, 0.4) is 0 Å². The fourth-order valence-electron chi connectivity index (χ4n) is 2.48. The molecule has 0 radical (unpaired) electrons. The molecule has 0 aromatic heterocycles. The zero-order chi connectivity index (χ0) is 15.2. The summed E-state index contributed by atoms with van der Waals surface area (Å²) in [7, 11) is 3.48. The molecule has 2 rings (SSSR count). The summed E-state index contributed by atoms with van der Waals surface area (Å²) in [5.74, 6) is 0. The smallest absolute Gasteiger partial charge is 0.319 e. The summed E-state index contributed by atoms with van der Waals surface area (Å²) < 4.78 is 5.01. The maximum atomic E-state index is 12.3. The lowest BCUT2D eigenvalue weighted by Gasteiger charge is -2.37. The Balaban J connectivity index is 1.85. The molecule has 0 N–H and O–H groups in total. The number of piperazine rings is 1. The number of hydrogen-bond donors (Lipinski definition) is 0. The summed E-state index contributed by atoms with van der Waals surface area (Å²) in [6.07, 6.45) is 0. The van der Waals surface area contributed by atoms with Gasteiger partial charge in [-0.1, -0.05) is 17.7 Å². The Morgan fingerprint density at radius 2 is 1.81 bits per heavy atom. The van der Waals surface area contributed by atoms with Crippen molar-refractivity contribution in [2.75, 3.05) is 58.4 Å². The van der Waals surface area contributed by atoms with Crippen LogP contribution in [-0.4, -0.2) is 69.3 Å². The quantitative estimate of drug-likeness (QED) is 0.849. The Morgan fingerprint density at radius 1 is 1.19 bits per heavy atom. The molecule has 1 aliphatic heterocycles. The summed E-state index contributed by atoms with van der Waals surface area (Å²) in [5, 5.41) is 0. The topological polar surface area (TPSA) is 36.0 Å². The van der Waals surface area contributed by atoms with Gasteiger partial charge >= 0.3 is 6.03 Å². The van der Waals surface area contributed by atoms with Crippen LogP contribution in [-0.2, 0) is 4.74 Å². The zero-order valence-electron chi connectivity index (χ0n) is 13.2. The van der Waals surface area contributed by atoms with E-state index < -0.39 is 0 Å². The molecule has 1 saturated heterocycles. The van der Waals surface area contributed by atoms with E-state index in [0.717, 1.165) is 26.2 Å². The van der Waals surface area contributed by atoms with Gasteiger partial charge in [0.05, 0.1) is 6.61 Å². The molecule has 21 heavy (non-hydrogen) atoms. The van der Waals surface area contributed by atoms with Crippen molar-refractivity contribution in [1.29, 1.82) is 0 Å². The first-order chi connectivity index (χ1) is 10.1. The molecule has 0 saturated carbocycles. The van der Waals surface area contributed by atoms with E-state index in [1.807, 2.05) is 11.9 Å². The van der Waals surface area contributed by atoms with Crippen LogP contribution in [0.5, 0.6) is 0 Å². The molecule has 1 aromatic carbocycles. The molecule has 0 spiro atoms. The highest BCUT2D eigenvalue weighted by Crippen LogP contribution is 2.17. The van der Waals surface area contributed by atoms with Crippen molar-refractivity contribution >= 4 is 11.7 Å². The zero-order valence-corrected chi connectivity index (χ0v) is 13.2. The van der Waals surface area contributed by atoms with Crippen LogP contribution in [0.15, 0.2) is 24.3 Å². The van der Waals surface area contributed by atoms with Crippen LogP contribution in [0.25, 0.3) is 0 Å². The number of urea groups is 1. The first kappa shape index (κ1) is 15.6. The van der Waals surface area contributed by atoms with Crippen molar-refractivity contribution < 1.29 is 9.53 Å². The third-order valence-corrected chi connectivity index (χ3v) is 3.91. The predicted octanol–water partition coefficient (Wildman–Crippen LogP) is 1.82. The minimum absolute atomic E-state index is 0.0932. The van der Waals surface area contributed by atoms with E-state index >= 15 is 0 Å². The average Bonchev–Trinajstić information content (AvgIpc) is 2.53. The number of benzene rings is 1. The number of methoxy groups -OCH3 is 1. The van der Waals surface area contributed by atoms with Crippen molar-refractivity contribution in [3.05, 3.63) is 29.8 Å². The number of hydrogen-bond acceptors (Lipinski definition) is 3. The van der Waals surface area contributed by atoms with Gasteiger partial charge < -0.3 is 19.4 Å². The number of likely N-dealkylation sites (N-methyl/N-ethyl adjacent to an activating group) is 1. The highest BCUT2D eigenvalue weighted by Gasteiger charge is 2.23. The summed E-state index contributed by atoms with van der Waals surface area (Å²) >= 11 is 0. The van der Waals surface area contributed by atoms with E-state index in [1.54, 1.807) is 12.0 Å². The van der Waals surface area contributed by atoms with Crippen LogP contribution in [0, 0.1) is 6.92 Å². The monoisotopic (exact) mass is 291 g/mol. The fourth-order valence-corrected chi connectivity index (χ4v) is 2.48. The average molecular weight is 291 g/mol. The van der Waals surface area contributed by atoms with Gasteiger partial charge in [0.2, 0.25) is 0 Å². The third-order valence-electron chi connectivity index (χ3n) is 3.91. The molecule has 0 bridgehead atoms.